The van der Waals surface area contributed by atoms with Crippen LogP contribution in [0.1, 0.15) is 54.9 Å². The molecule has 1 heterocycles. The fourth-order valence-corrected chi connectivity index (χ4v) is 4.97. The number of hydrogen-bond acceptors (Lipinski definition) is 4. The molecular formula is C31H35FKN2O2-. The molecule has 0 radical (unpaired) electrons. The van der Waals surface area contributed by atoms with Gasteiger partial charge in [-0.1, -0.05) is 45.0 Å². The first-order chi connectivity index (χ1) is 17.4. The number of halogens is 1. The second-order valence-electron chi connectivity index (χ2n) is 9.22. The van der Waals surface area contributed by atoms with Gasteiger partial charge in [0.2, 0.25) is 0 Å². The van der Waals surface area contributed by atoms with E-state index in [1.165, 1.54) is 12.1 Å². The van der Waals surface area contributed by atoms with Crippen LogP contribution < -0.4 is 62.4 Å². The van der Waals surface area contributed by atoms with Gasteiger partial charge in [0.25, 0.3) is 0 Å². The van der Waals surface area contributed by atoms with Gasteiger partial charge in [-0.3, -0.25) is 0 Å². The van der Waals surface area contributed by atoms with Crippen molar-refractivity contribution >= 4 is 12.4 Å². The Kier molecular flexibility index (Phi) is 12.9. The molecule has 3 aromatic carbocycles. The summed E-state index contributed by atoms with van der Waals surface area (Å²) in [7, 11) is 0. The summed E-state index contributed by atoms with van der Waals surface area (Å²) in [6, 6.07) is 22.4. The molecule has 0 bridgehead atoms. The Morgan fingerprint density at radius 2 is 1.89 bits per heavy atom. The van der Waals surface area contributed by atoms with Crippen LogP contribution in [0.4, 0.5) is 4.39 Å². The van der Waals surface area contributed by atoms with Crippen molar-refractivity contribution in [2.75, 3.05) is 6.54 Å². The number of piperidine rings is 1. The molecule has 1 saturated heterocycles. The molecule has 3 atom stereocenters. The Bertz CT molecular complexity index is 1160. The number of phenolic OH excluding ortho intramolecular Hbond substituents is 1. The van der Waals surface area contributed by atoms with Crippen molar-refractivity contribution in [3.05, 3.63) is 106 Å². The maximum atomic E-state index is 13.3. The number of hydrogen-bond donors (Lipinski definition) is 3. The second kappa shape index (κ2) is 15.1. The molecule has 4 nitrogen and oxygen atoms in total. The standard InChI is InChI=1S/C29H29FN2O2.C2H6.K/c1-20-3-2-4-22(15-20)16-24(19-33)28(23-7-11-27(34)12-8-23)29(31)13-14-32-26(18-29)17-21-5-9-25(30)10-6-21;1-2;/h2-3,5-12,15-16,26,28,32,34H,13-14,17-18,31H2,1H3;1-2H3;/q-2;;+1/b24-16+;;. The van der Waals surface area contributed by atoms with Gasteiger partial charge in [-0.05, 0) is 73.4 Å². The molecule has 4 N–H and O–H groups in total. The quantitative estimate of drug-likeness (QED) is 0.252. The van der Waals surface area contributed by atoms with Gasteiger partial charge in [0, 0.05) is 11.6 Å². The Hall–Kier alpha value is -1.64. The normalized spacial score (nSPS) is 20.1. The van der Waals surface area contributed by atoms with Gasteiger partial charge in [-0.25, -0.2) is 10.5 Å². The van der Waals surface area contributed by atoms with Crippen molar-refractivity contribution in [3.8, 4) is 5.75 Å². The molecule has 1 aliphatic heterocycles. The third kappa shape index (κ3) is 8.68. The molecule has 0 saturated carbocycles. The number of carbonyl (C=O) groups excluding carboxylic acids is 1. The number of benzene rings is 3. The summed E-state index contributed by atoms with van der Waals surface area (Å²) >= 11 is 0. The molecule has 0 aromatic heterocycles. The van der Waals surface area contributed by atoms with E-state index in [0.717, 1.165) is 22.3 Å². The number of nitrogens with one attached hydrogen (secondary N) is 1. The average Bonchev–Trinajstić information content (AvgIpc) is 2.87. The Labute approximate surface area is 263 Å². The minimum absolute atomic E-state index is 0. The van der Waals surface area contributed by atoms with E-state index in [9.17, 15) is 14.3 Å². The average molecular weight is 526 g/mol. The van der Waals surface area contributed by atoms with E-state index in [4.69, 9.17) is 5.73 Å². The van der Waals surface area contributed by atoms with Gasteiger partial charge in [-0.15, -0.1) is 17.7 Å². The van der Waals surface area contributed by atoms with E-state index < -0.39 is 11.5 Å². The minimum Gasteiger partial charge on any atom is -0.508 e. The predicted octanol–water partition coefficient (Wildman–Crippen LogP) is 2.64. The molecule has 0 aliphatic carbocycles. The number of rotatable bonds is 7. The van der Waals surface area contributed by atoms with Gasteiger partial charge in [-0.2, -0.15) is 23.3 Å². The molecule has 1 fully saturated rings. The van der Waals surface area contributed by atoms with Crippen LogP contribution in [0.25, 0.3) is 6.08 Å². The van der Waals surface area contributed by atoms with E-state index in [1.54, 1.807) is 24.3 Å². The van der Waals surface area contributed by atoms with E-state index in [0.29, 0.717) is 31.4 Å². The molecule has 37 heavy (non-hydrogen) atoms. The molecule has 190 valence electrons. The summed E-state index contributed by atoms with van der Waals surface area (Å²) in [5, 5.41) is 13.4. The van der Waals surface area contributed by atoms with Crippen LogP contribution in [0.15, 0.2) is 72.3 Å². The number of aromatic hydroxyl groups is 1. The summed E-state index contributed by atoms with van der Waals surface area (Å²) < 4.78 is 13.3. The third-order valence-electron chi connectivity index (χ3n) is 6.57. The van der Waals surface area contributed by atoms with Crippen LogP contribution in [0.5, 0.6) is 5.75 Å². The van der Waals surface area contributed by atoms with Crippen molar-refractivity contribution < 1.29 is 65.7 Å². The Balaban J connectivity index is 0.00000157. The molecule has 4 rings (SSSR count). The molecule has 0 spiro atoms. The number of nitrogens with two attached hydrogens (primary N) is 1. The SMILES string of the molecule is CC.Cc1cc[c-]c(/C=C(\[C-]=O)C(c2ccc(O)cc2)C2(N)CCNC(Cc3ccc(F)cc3)C2)c1.[K+]. The second-order valence-corrected chi connectivity index (χ2v) is 9.22. The number of aryl methyl sites for hydroxylation is 1. The first-order valence-corrected chi connectivity index (χ1v) is 12.5. The maximum Gasteiger partial charge on any atom is 1.00 e. The largest absolute Gasteiger partial charge is 1.00 e. The Morgan fingerprint density at radius 1 is 1.22 bits per heavy atom. The maximum absolute atomic E-state index is 13.3. The minimum atomic E-state index is -0.722. The van der Waals surface area contributed by atoms with E-state index in [2.05, 4.69) is 17.7 Å². The molecule has 6 heteroatoms. The van der Waals surface area contributed by atoms with Crippen LogP contribution in [0.3, 0.4) is 0 Å². The van der Waals surface area contributed by atoms with Gasteiger partial charge >= 0.3 is 51.4 Å². The summed E-state index contributed by atoms with van der Waals surface area (Å²) in [6.07, 6.45) is 5.96. The zero-order valence-electron chi connectivity index (χ0n) is 22.2. The fourth-order valence-electron chi connectivity index (χ4n) is 4.97. The summed E-state index contributed by atoms with van der Waals surface area (Å²) in [6.45, 7) is 6.68. The van der Waals surface area contributed by atoms with Gasteiger partial charge in [0.1, 0.15) is 11.6 Å². The van der Waals surface area contributed by atoms with E-state index in [1.807, 2.05) is 57.2 Å². The third-order valence-corrected chi connectivity index (χ3v) is 6.57. The molecule has 3 unspecified atom stereocenters. The zero-order chi connectivity index (χ0) is 26.1. The predicted molar refractivity (Wildman–Crippen MR) is 144 cm³/mol. The van der Waals surface area contributed by atoms with Crippen LogP contribution >= 0.6 is 0 Å². The number of phenols is 1. The summed E-state index contributed by atoms with van der Waals surface area (Å²) in [4.78, 5) is 12.3. The van der Waals surface area contributed by atoms with Crippen LogP contribution in [0, 0.1) is 18.8 Å². The van der Waals surface area contributed by atoms with Gasteiger partial charge < -0.3 is 21.0 Å². The van der Waals surface area contributed by atoms with Crippen LogP contribution in [-0.4, -0.2) is 29.5 Å². The van der Waals surface area contributed by atoms with Crippen molar-refractivity contribution in [1.82, 2.24) is 5.32 Å². The Morgan fingerprint density at radius 3 is 2.51 bits per heavy atom. The van der Waals surface area contributed by atoms with Gasteiger partial charge in [0.15, 0.2) is 0 Å². The van der Waals surface area contributed by atoms with Crippen molar-refractivity contribution in [2.45, 2.75) is 57.5 Å². The summed E-state index contributed by atoms with van der Waals surface area (Å²) in [5.41, 5.74) is 10.6. The summed E-state index contributed by atoms with van der Waals surface area (Å²) in [5.74, 6) is -0.525. The van der Waals surface area contributed by atoms with Gasteiger partial charge in [0.05, 0.1) is 0 Å². The van der Waals surface area contributed by atoms with Crippen LogP contribution in [-0.2, 0) is 11.2 Å². The topological polar surface area (TPSA) is 75.3 Å². The van der Waals surface area contributed by atoms with Crippen molar-refractivity contribution in [2.24, 2.45) is 5.73 Å². The fraction of sp³-hybridized carbons (Fsp3) is 0.323. The monoisotopic (exact) mass is 525 g/mol. The van der Waals surface area contributed by atoms with Crippen molar-refractivity contribution in [1.29, 1.82) is 0 Å². The van der Waals surface area contributed by atoms with E-state index >= 15 is 0 Å². The first-order valence-electron chi connectivity index (χ1n) is 12.5. The van der Waals surface area contributed by atoms with Crippen molar-refractivity contribution in [3.63, 3.8) is 0 Å². The first kappa shape index (κ1) is 31.6. The van der Waals surface area contributed by atoms with Crippen LogP contribution in [0.2, 0.25) is 0 Å². The molecule has 3 aromatic rings. The zero-order valence-corrected chi connectivity index (χ0v) is 25.3. The van der Waals surface area contributed by atoms with E-state index in [-0.39, 0.29) is 69.0 Å². The molecular weight excluding hydrogens is 490 g/mol. The smallest absolute Gasteiger partial charge is 0.508 e. The molecule has 1 aliphatic rings. The molecule has 0 amide bonds.